The number of hydrogen-bond donors (Lipinski definition) is 0. The van der Waals surface area contributed by atoms with Gasteiger partial charge < -0.3 is 14.4 Å². The molecule has 0 aliphatic carbocycles. The van der Waals surface area contributed by atoms with E-state index in [-0.39, 0.29) is 12.1 Å². The fraction of sp³-hybridized carbons (Fsp3) is 0.391. The van der Waals surface area contributed by atoms with Crippen LogP contribution in [-0.4, -0.2) is 53.5 Å². The molecular weight excluding hydrogens is 352 g/mol. The van der Waals surface area contributed by atoms with Crippen molar-refractivity contribution in [1.29, 1.82) is 0 Å². The van der Waals surface area contributed by atoms with Crippen LogP contribution in [0, 0.1) is 0 Å². The molecule has 1 fully saturated rings. The number of benzene rings is 2. The molecule has 0 N–H and O–H groups in total. The van der Waals surface area contributed by atoms with Crippen molar-refractivity contribution in [3.63, 3.8) is 0 Å². The number of carbonyl (C=O) groups is 2. The first-order chi connectivity index (χ1) is 13.4. The molecule has 1 heterocycles. The van der Waals surface area contributed by atoms with Crippen molar-refractivity contribution in [3.05, 3.63) is 71.8 Å². The van der Waals surface area contributed by atoms with Crippen LogP contribution in [0.5, 0.6) is 0 Å². The molecule has 1 unspecified atom stereocenters. The first kappa shape index (κ1) is 20.1. The predicted octanol–water partition coefficient (Wildman–Crippen LogP) is 3.90. The molecule has 5 nitrogen and oxygen atoms in total. The van der Waals surface area contributed by atoms with Crippen LogP contribution in [-0.2, 0) is 9.53 Å². The topological polar surface area (TPSA) is 49.9 Å². The highest BCUT2D eigenvalue weighted by atomic mass is 16.6. The summed E-state index contributed by atoms with van der Waals surface area (Å²) >= 11 is 0. The van der Waals surface area contributed by atoms with Crippen LogP contribution in [0.15, 0.2) is 60.7 Å². The Bertz CT molecular complexity index is 747. The Morgan fingerprint density at radius 2 is 1.54 bits per heavy atom. The van der Waals surface area contributed by atoms with Gasteiger partial charge in [0.15, 0.2) is 0 Å². The van der Waals surface area contributed by atoms with Gasteiger partial charge in [-0.2, -0.15) is 0 Å². The Morgan fingerprint density at radius 1 is 1.00 bits per heavy atom. The summed E-state index contributed by atoms with van der Waals surface area (Å²) in [6.45, 7) is 6.98. The zero-order chi connectivity index (χ0) is 20.1. The lowest BCUT2D eigenvalue weighted by Gasteiger charge is -2.43. The number of rotatable bonds is 4. The predicted molar refractivity (Wildman–Crippen MR) is 109 cm³/mol. The van der Waals surface area contributed by atoms with Crippen LogP contribution >= 0.6 is 0 Å². The number of carbonyl (C=O) groups excluding carboxylic acids is 2. The van der Waals surface area contributed by atoms with E-state index in [1.165, 1.54) is 0 Å². The molecule has 2 aromatic rings. The third kappa shape index (κ3) is 4.78. The van der Waals surface area contributed by atoms with Gasteiger partial charge in [-0.1, -0.05) is 60.7 Å². The molecule has 2 aromatic carbocycles. The number of aldehydes is 1. The largest absolute Gasteiger partial charge is 0.444 e. The van der Waals surface area contributed by atoms with Crippen molar-refractivity contribution in [1.82, 2.24) is 9.80 Å². The van der Waals surface area contributed by atoms with Crippen LogP contribution in [0.1, 0.15) is 37.9 Å². The van der Waals surface area contributed by atoms with E-state index in [9.17, 15) is 9.59 Å². The van der Waals surface area contributed by atoms with Crippen molar-refractivity contribution < 1.29 is 14.3 Å². The van der Waals surface area contributed by atoms with E-state index in [1.54, 1.807) is 4.90 Å². The Kier molecular flexibility index (Phi) is 6.15. The molecule has 0 bridgehead atoms. The first-order valence-electron chi connectivity index (χ1n) is 9.68. The van der Waals surface area contributed by atoms with Gasteiger partial charge >= 0.3 is 6.09 Å². The van der Waals surface area contributed by atoms with Crippen LogP contribution in [0.2, 0.25) is 0 Å². The van der Waals surface area contributed by atoms with Crippen LogP contribution < -0.4 is 0 Å². The Balaban J connectivity index is 1.86. The SMILES string of the molecule is CC(C)(C)OC(=O)N1CCN(C(c2ccccc2)c2ccccc2)C(C=O)C1. The second-order valence-corrected chi connectivity index (χ2v) is 8.09. The van der Waals surface area contributed by atoms with Crippen molar-refractivity contribution in [3.8, 4) is 0 Å². The number of ether oxygens (including phenoxy) is 1. The highest BCUT2D eigenvalue weighted by Gasteiger charge is 2.36. The fourth-order valence-corrected chi connectivity index (χ4v) is 3.60. The average Bonchev–Trinajstić information content (AvgIpc) is 2.69. The molecule has 0 spiro atoms. The lowest BCUT2D eigenvalue weighted by Crippen LogP contribution is -2.57. The molecule has 1 amide bonds. The molecule has 3 rings (SSSR count). The van der Waals surface area contributed by atoms with Gasteiger partial charge in [0.05, 0.1) is 12.1 Å². The van der Waals surface area contributed by atoms with Crippen LogP contribution in [0.25, 0.3) is 0 Å². The molecule has 148 valence electrons. The van der Waals surface area contributed by atoms with Gasteiger partial charge in [0.1, 0.15) is 11.9 Å². The number of amides is 1. The second kappa shape index (κ2) is 8.57. The highest BCUT2D eigenvalue weighted by molar-refractivity contribution is 5.70. The molecule has 28 heavy (non-hydrogen) atoms. The van der Waals surface area contributed by atoms with Gasteiger partial charge in [-0.05, 0) is 31.9 Å². The van der Waals surface area contributed by atoms with Gasteiger partial charge in [-0.15, -0.1) is 0 Å². The van der Waals surface area contributed by atoms with Crippen molar-refractivity contribution in [2.45, 2.75) is 38.5 Å². The summed E-state index contributed by atoms with van der Waals surface area (Å²) in [5.41, 5.74) is 1.71. The highest BCUT2D eigenvalue weighted by Crippen LogP contribution is 2.31. The first-order valence-corrected chi connectivity index (χ1v) is 9.68. The lowest BCUT2D eigenvalue weighted by molar-refractivity contribution is -0.115. The van der Waals surface area contributed by atoms with Crippen LogP contribution in [0.4, 0.5) is 4.79 Å². The molecule has 0 radical (unpaired) electrons. The average molecular weight is 380 g/mol. The van der Waals surface area contributed by atoms with E-state index < -0.39 is 11.6 Å². The number of piperazine rings is 1. The lowest BCUT2D eigenvalue weighted by atomic mass is 9.94. The summed E-state index contributed by atoms with van der Waals surface area (Å²) in [5, 5.41) is 0. The minimum Gasteiger partial charge on any atom is -0.444 e. The Hall–Kier alpha value is -2.66. The molecule has 1 aliphatic heterocycles. The Morgan fingerprint density at radius 3 is 2.00 bits per heavy atom. The maximum absolute atomic E-state index is 12.5. The van der Waals surface area contributed by atoms with Crippen molar-refractivity contribution in [2.24, 2.45) is 0 Å². The zero-order valence-corrected chi connectivity index (χ0v) is 16.7. The quantitative estimate of drug-likeness (QED) is 0.755. The van der Waals surface area contributed by atoms with E-state index >= 15 is 0 Å². The maximum Gasteiger partial charge on any atom is 0.410 e. The van der Waals surface area contributed by atoms with Crippen LogP contribution in [0.3, 0.4) is 0 Å². The molecule has 0 saturated carbocycles. The smallest absolute Gasteiger partial charge is 0.410 e. The summed E-state index contributed by atoms with van der Waals surface area (Å²) in [7, 11) is 0. The molecular formula is C23H28N2O3. The Labute approximate surface area is 166 Å². The van der Waals surface area contributed by atoms with E-state index in [0.29, 0.717) is 19.6 Å². The van der Waals surface area contributed by atoms with E-state index in [1.807, 2.05) is 57.2 Å². The monoisotopic (exact) mass is 380 g/mol. The fourth-order valence-electron chi connectivity index (χ4n) is 3.60. The van der Waals surface area contributed by atoms with Gasteiger partial charge in [0, 0.05) is 19.6 Å². The number of nitrogens with zero attached hydrogens (tertiary/aromatic N) is 2. The van der Waals surface area contributed by atoms with E-state index in [4.69, 9.17) is 4.74 Å². The number of hydrogen-bond acceptors (Lipinski definition) is 4. The van der Waals surface area contributed by atoms with Gasteiger partial charge in [0.2, 0.25) is 0 Å². The van der Waals surface area contributed by atoms with E-state index in [2.05, 4.69) is 29.2 Å². The molecule has 1 saturated heterocycles. The summed E-state index contributed by atoms with van der Waals surface area (Å²) in [5.74, 6) is 0. The van der Waals surface area contributed by atoms with Crippen molar-refractivity contribution in [2.75, 3.05) is 19.6 Å². The molecule has 0 aromatic heterocycles. The summed E-state index contributed by atoms with van der Waals surface area (Å²) in [4.78, 5) is 28.2. The van der Waals surface area contributed by atoms with Crippen molar-refractivity contribution >= 4 is 12.4 Å². The van der Waals surface area contributed by atoms with Gasteiger partial charge in [0.25, 0.3) is 0 Å². The molecule has 1 aliphatic rings. The normalized spacial score (nSPS) is 18.1. The summed E-state index contributed by atoms with van der Waals surface area (Å²) in [6.07, 6.45) is 0.574. The summed E-state index contributed by atoms with van der Waals surface area (Å²) < 4.78 is 5.49. The minimum atomic E-state index is -0.554. The minimum absolute atomic E-state index is 0.0432. The third-order valence-corrected chi connectivity index (χ3v) is 4.83. The zero-order valence-electron chi connectivity index (χ0n) is 16.7. The third-order valence-electron chi connectivity index (χ3n) is 4.83. The van der Waals surface area contributed by atoms with E-state index in [0.717, 1.165) is 17.4 Å². The van der Waals surface area contributed by atoms with Gasteiger partial charge in [-0.25, -0.2) is 4.79 Å². The standard InChI is InChI=1S/C23H28N2O3/c1-23(2,3)28-22(27)24-14-15-25(20(16-24)17-26)21(18-10-6-4-7-11-18)19-12-8-5-9-13-19/h4-13,17,20-21H,14-16H2,1-3H3. The molecule has 5 heteroatoms. The molecule has 1 atom stereocenters. The maximum atomic E-state index is 12.5. The second-order valence-electron chi connectivity index (χ2n) is 8.09. The summed E-state index contributed by atoms with van der Waals surface area (Å²) in [6, 6.07) is 19.9. The van der Waals surface area contributed by atoms with Gasteiger partial charge in [-0.3, -0.25) is 4.90 Å².